The van der Waals surface area contributed by atoms with E-state index in [9.17, 15) is 4.79 Å². The lowest BCUT2D eigenvalue weighted by Crippen LogP contribution is -2.04. The summed E-state index contributed by atoms with van der Waals surface area (Å²) >= 11 is 1.63. The van der Waals surface area contributed by atoms with Gasteiger partial charge in [-0.25, -0.2) is 4.79 Å². The first-order valence-electron chi connectivity index (χ1n) is 4.54. The van der Waals surface area contributed by atoms with Crippen molar-refractivity contribution in [1.82, 2.24) is 0 Å². The predicted octanol–water partition coefficient (Wildman–Crippen LogP) is 3.02. The zero-order chi connectivity index (χ0) is 10.6. The van der Waals surface area contributed by atoms with E-state index in [1.54, 1.807) is 18.3 Å². The van der Waals surface area contributed by atoms with Gasteiger partial charge in [0.25, 0.3) is 0 Å². The number of carbonyl (C=O) groups excluding carboxylic acids is 1. The van der Waals surface area contributed by atoms with E-state index in [1.807, 2.05) is 31.4 Å². The van der Waals surface area contributed by atoms with E-state index in [4.69, 9.17) is 4.74 Å². The van der Waals surface area contributed by atoms with E-state index < -0.39 is 0 Å². The fraction of sp³-hybridized carbons (Fsp3) is 0.364. The van der Waals surface area contributed by atoms with Crippen LogP contribution in [0.25, 0.3) is 6.08 Å². The quantitative estimate of drug-likeness (QED) is 0.566. The molecule has 0 bridgehead atoms. The van der Waals surface area contributed by atoms with Gasteiger partial charge < -0.3 is 4.74 Å². The molecule has 0 unspecified atom stereocenters. The highest BCUT2D eigenvalue weighted by Crippen LogP contribution is 2.19. The highest BCUT2D eigenvalue weighted by atomic mass is 32.1. The second kappa shape index (κ2) is 4.96. The number of esters is 1. The van der Waals surface area contributed by atoms with E-state index >= 15 is 0 Å². The van der Waals surface area contributed by atoms with Gasteiger partial charge in [0.15, 0.2) is 0 Å². The summed E-state index contributed by atoms with van der Waals surface area (Å²) in [6.45, 7) is 6.03. The fourth-order valence-corrected chi connectivity index (χ4v) is 1.95. The third-order valence-corrected chi connectivity index (χ3v) is 2.81. The summed E-state index contributed by atoms with van der Waals surface area (Å²) in [5, 5.41) is 2.01. The average Bonchev–Trinajstić information content (AvgIpc) is 2.52. The molecule has 14 heavy (non-hydrogen) atoms. The standard InChI is InChI=1S/C11H14O2S/c1-4-13-11(12)9(3)7-10-8(2)5-6-14-10/h5-7H,4H2,1-3H3/b9-7+. The molecule has 1 heterocycles. The molecular formula is C11H14O2S. The number of aryl methyl sites for hydroxylation is 1. The Morgan fingerprint density at radius 2 is 2.36 bits per heavy atom. The number of rotatable bonds is 3. The van der Waals surface area contributed by atoms with Gasteiger partial charge in [-0.05, 0) is 43.9 Å². The highest BCUT2D eigenvalue weighted by molar-refractivity contribution is 7.11. The summed E-state index contributed by atoms with van der Waals surface area (Å²) in [5.74, 6) is -0.236. The van der Waals surface area contributed by atoms with Crippen molar-refractivity contribution in [2.75, 3.05) is 6.61 Å². The van der Waals surface area contributed by atoms with Crippen molar-refractivity contribution < 1.29 is 9.53 Å². The molecule has 0 atom stereocenters. The number of thiophene rings is 1. The lowest BCUT2D eigenvalue weighted by atomic mass is 10.2. The Morgan fingerprint density at radius 3 is 2.86 bits per heavy atom. The van der Waals surface area contributed by atoms with E-state index in [1.165, 1.54) is 5.56 Å². The van der Waals surface area contributed by atoms with Crippen LogP contribution in [0.15, 0.2) is 17.0 Å². The van der Waals surface area contributed by atoms with Crippen LogP contribution in [0, 0.1) is 6.92 Å². The summed E-state index contributed by atoms with van der Waals surface area (Å²) in [6.07, 6.45) is 1.87. The maximum Gasteiger partial charge on any atom is 0.333 e. The van der Waals surface area contributed by atoms with Gasteiger partial charge in [0.2, 0.25) is 0 Å². The Labute approximate surface area is 88.2 Å². The molecule has 2 nitrogen and oxygen atoms in total. The van der Waals surface area contributed by atoms with Crippen LogP contribution in [0.1, 0.15) is 24.3 Å². The van der Waals surface area contributed by atoms with Crippen LogP contribution in [-0.2, 0) is 9.53 Å². The Morgan fingerprint density at radius 1 is 1.64 bits per heavy atom. The lowest BCUT2D eigenvalue weighted by Gasteiger charge is -2.00. The van der Waals surface area contributed by atoms with Crippen LogP contribution in [0.4, 0.5) is 0 Å². The van der Waals surface area contributed by atoms with Crippen molar-refractivity contribution in [3.63, 3.8) is 0 Å². The number of ether oxygens (including phenoxy) is 1. The molecule has 1 aromatic rings. The van der Waals surface area contributed by atoms with E-state index in [2.05, 4.69) is 0 Å². The van der Waals surface area contributed by atoms with Gasteiger partial charge in [-0.2, -0.15) is 0 Å². The Bertz CT molecular complexity index is 350. The smallest absolute Gasteiger partial charge is 0.333 e. The van der Waals surface area contributed by atoms with Gasteiger partial charge in [-0.1, -0.05) is 0 Å². The van der Waals surface area contributed by atoms with Gasteiger partial charge in [-0.15, -0.1) is 11.3 Å². The van der Waals surface area contributed by atoms with Crippen LogP contribution in [0.3, 0.4) is 0 Å². The molecule has 0 saturated heterocycles. The number of hydrogen-bond donors (Lipinski definition) is 0. The summed E-state index contributed by atoms with van der Waals surface area (Å²) in [4.78, 5) is 12.4. The van der Waals surface area contributed by atoms with Crippen molar-refractivity contribution >= 4 is 23.4 Å². The van der Waals surface area contributed by atoms with E-state index in [-0.39, 0.29) is 5.97 Å². The SMILES string of the molecule is CCOC(=O)/C(C)=C/c1sccc1C. The minimum atomic E-state index is -0.236. The van der Waals surface area contributed by atoms with Gasteiger partial charge in [-0.3, -0.25) is 0 Å². The predicted molar refractivity (Wildman–Crippen MR) is 59.3 cm³/mol. The monoisotopic (exact) mass is 210 g/mol. The Balaban J connectivity index is 2.78. The van der Waals surface area contributed by atoms with Crippen LogP contribution < -0.4 is 0 Å². The minimum Gasteiger partial charge on any atom is -0.463 e. The average molecular weight is 210 g/mol. The van der Waals surface area contributed by atoms with Crippen LogP contribution in [0.2, 0.25) is 0 Å². The molecule has 0 aliphatic carbocycles. The molecule has 0 fully saturated rings. The first-order valence-corrected chi connectivity index (χ1v) is 5.42. The number of carbonyl (C=O) groups is 1. The normalized spacial score (nSPS) is 11.5. The first kappa shape index (κ1) is 11.0. The summed E-state index contributed by atoms with van der Waals surface area (Å²) < 4.78 is 4.89. The van der Waals surface area contributed by atoms with Gasteiger partial charge in [0.1, 0.15) is 0 Å². The molecule has 0 aliphatic rings. The van der Waals surface area contributed by atoms with Crippen molar-refractivity contribution in [3.8, 4) is 0 Å². The van der Waals surface area contributed by atoms with Crippen LogP contribution in [-0.4, -0.2) is 12.6 Å². The van der Waals surface area contributed by atoms with E-state index in [0.717, 1.165) is 4.88 Å². The van der Waals surface area contributed by atoms with Gasteiger partial charge in [0, 0.05) is 10.5 Å². The maximum atomic E-state index is 11.3. The van der Waals surface area contributed by atoms with Crippen molar-refractivity contribution in [2.45, 2.75) is 20.8 Å². The molecule has 0 aliphatic heterocycles. The summed E-state index contributed by atoms with van der Waals surface area (Å²) in [6, 6.07) is 2.04. The second-order valence-corrected chi connectivity index (χ2v) is 3.96. The molecule has 1 rings (SSSR count). The molecule has 0 N–H and O–H groups in total. The minimum absolute atomic E-state index is 0.236. The molecule has 0 saturated carbocycles. The fourth-order valence-electron chi connectivity index (χ4n) is 1.03. The van der Waals surface area contributed by atoms with Gasteiger partial charge >= 0.3 is 5.97 Å². The highest BCUT2D eigenvalue weighted by Gasteiger charge is 2.05. The maximum absolute atomic E-state index is 11.3. The molecule has 3 heteroatoms. The van der Waals surface area contributed by atoms with Crippen LogP contribution >= 0.6 is 11.3 Å². The molecule has 0 amide bonds. The summed E-state index contributed by atoms with van der Waals surface area (Å²) in [7, 11) is 0. The third kappa shape index (κ3) is 2.70. The van der Waals surface area contributed by atoms with Crippen molar-refractivity contribution in [2.24, 2.45) is 0 Å². The third-order valence-electron chi connectivity index (χ3n) is 1.85. The lowest BCUT2D eigenvalue weighted by molar-refractivity contribution is -0.138. The second-order valence-electron chi connectivity index (χ2n) is 3.02. The van der Waals surface area contributed by atoms with Crippen molar-refractivity contribution in [1.29, 1.82) is 0 Å². The number of hydrogen-bond acceptors (Lipinski definition) is 3. The molecule has 0 spiro atoms. The van der Waals surface area contributed by atoms with E-state index in [0.29, 0.717) is 12.2 Å². The topological polar surface area (TPSA) is 26.3 Å². The van der Waals surface area contributed by atoms with Crippen molar-refractivity contribution in [3.05, 3.63) is 27.5 Å². The molecular weight excluding hydrogens is 196 g/mol. The largest absolute Gasteiger partial charge is 0.463 e. The zero-order valence-corrected chi connectivity index (χ0v) is 9.48. The Hall–Kier alpha value is -1.09. The summed E-state index contributed by atoms with van der Waals surface area (Å²) in [5.41, 5.74) is 1.84. The van der Waals surface area contributed by atoms with Crippen LogP contribution in [0.5, 0.6) is 0 Å². The zero-order valence-electron chi connectivity index (χ0n) is 8.66. The molecule has 1 aromatic heterocycles. The first-order chi connectivity index (χ1) is 6.65. The Kier molecular flexibility index (Phi) is 3.89. The molecule has 0 aromatic carbocycles. The molecule has 0 radical (unpaired) electrons. The molecule has 76 valence electrons. The van der Waals surface area contributed by atoms with Gasteiger partial charge in [0.05, 0.1) is 6.61 Å².